The van der Waals surface area contributed by atoms with E-state index in [1.54, 1.807) is 0 Å². The van der Waals surface area contributed by atoms with Crippen LogP contribution >= 0.6 is 0 Å². The number of nitrogens with zero attached hydrogens (tertiary/aromatic N) is 3. The Hall–Kier alpha value is -2.14. The average Bonchev–Trinajstić information content (AvgIpc) is 2.99. The fourth-order valence-electron chi connectivity index (χ4n) is 7.26. The summed E-state index contributed by atoms with van der Waals surface area (Å²) >= 11 is 0. The molecule has 4 aliphatic carbocycles. The van der Waals surface area contributed by atoms with Crippen molar-refractivity contribution in [2.75, 3.05) is 18.4 Å². The van der Waals surface area contributed by atoms with Crippen molar-refractivity contribution in [1.29, 1.82) is 0 Å². The largest absolute Gasteiger partial charge is 0.384 e. The Morgan fingerprint density at radius 1 is 1.03 bits per heavy atom. The highest BCUT2D eigenvalue weighted by Gasteiger charge is 2.50. The number of anilines is 1. The van der Waals surface area contributed by atoms with Crippen molar-refractivity contribution < 1.29 is 0 Å². The lowest BCUT2D eigenvalue weighted by molar-refractivity contribution is -0.0194. The number of hydrogen-bond acceptors (Lipinski definition) is 4. The fourth-order valence-corrected chi connectivity index (χ4v) is 7.26. The minimum absolute atomic E-state index is 0.464. The predicted octanol–water partition coefficient (Wildman–Crippen LogP) is 4.79. The second kappa shape index (κ2) is 6.94. The fraction of sp³-hybridized carbons (Fsp3) is 0.600. The van der Waals surface area contributed by atoms with Gasteiger partial charge in [-0.2, -0.15) is 5.10 Å². The molecule has 4 fully saturated rings. The highest BCUT2D eigenvalue weighted by atomic mass is 15.3. The molecule has 0 amide bonds. The normalized spacial score (nSPS) is 29.9. The molecular weight excluding hydrogens is 370 g/mol. The smallest absolute Gasteiger partial charge is 0.160 e. The van der Waals surface area contributed by atoms with E-state index >= 15 is 0 Å². The number of aromatic nitrogens is 3. The van der Waals surface area contributed by atoms with Gasteiger partial charge in [0.15, 0.2) is 5.65 Å². The van der Waals surface area contributed by atoms with Gasteiger partial charge in [-0.25, -0.2) is 4.98 Å². The standard InChI is InChI=1S/C25H33N5/c1-16-22-23(20-6-3-4-7-21(20)28-24(22)30(2)29-16)26-8-5-9-27-25-13-17-10-18(14-25)12-19(11-17)15-25/h3-4,6-7,17-19,27H,5,8-15H2,1-2H3,(H,26,28). The van der Waals surface area contributed by atoms with Crippen LogP contribution in [-0.4, -0.2) is 33.4 Å². The first-order valence-electron chi connectivity index (χ1n) is 11.8. The third kappa shape index (κ3) is 3.01. The minimum atomic E-state index is 0.464. The molecule has 0 atom stereocenters. The van der Waals surface area contributed by atoms with Crippen LogP contribution in [0.2, 0.25) is 0 Å². The van der Waals surface area contributed by atoms with E-state index in [1.165, 1.54) is 49.6 Å². The van der Waals surface area contributed by atoms with Gasteiger partial charge in [0.05, 0.1) is 22.3 Å². The molecule has 0 saturated heterocycles. The van der Waals surface area contributed by atoms with Crippen molar-refractivity contribution in [3.8, 4) is 0 Å². The van der Waals surface area contributed by atoms with Crippen LogP contribution < -0.4 is 10.6 Å². The second-order valence-corrected chi connectivity index (χ2v) is 10.3. The number of pyridine rings is 1. The Balaban J connectivity index is 1.16. The summed E-state index contributed by atoms with van der Waals surface area (Å²) in [6.07, 6.45) is 9.96. The maximum absolute atomic E-state index is 4.86. The molecular formula is C25H33N5. The molecule has 3 aromatic rings. The second-order valence-electron chi connectivity index (χ2n) is 10.3. The number of benzene rings is 1. The van der Waals surface area contributed by atoms with Crippen molar-refractivity contribution in [2.45, 2.75) is 57.4 Å². The van der Waals surface area contributed by atoms with E-state index in [0.717, 1.165) is 59.5 Å². The van der Waals surface area contributed by atoms with Crippen LogP contribution in [0.5, 0.6) is 0 Å². The van der Waals surface area contributed by atoms with Crippen LogP contribution in [0.4, 0.5) is 5.69 Å². The molecule has 7 rings (SSSR count). The third-order valence-corrected chi connectivity index (χ3v) is 8.04. The van der Waals surface area contributed by atoms with Gasteiger partial charge in [-0.15, -0.1) is 0 Å². The van der Waals surface area contributed by atoms with Crippen molar-refractivity contribution in [2.24, 2.45) is 24.8 Å². The molecule has 30 heavy (non-hydrogen) atoms. The van der Waals surface area contributed by atoms with Crippen molar-refractivity contribution in [1.82, 2.24) is 20.1 Å². The summed E-state index contributed by atoms with van der Waals surface area (Å²) in [7, 11) is 1.98. The summed E-state index contributed by atoms with van der Waals surface area (Å²) in [5.41, 5.74) is 4.68. The number of rotatable bonds is 6. The molecule has 4 aliphatic rings. The van der Waals surface area contributed by atoms with Crippen molar-refractivity contribution >= 4 is 27.6 Å². The zero-order valence-corrected chi connectivity index (χ0v) is 18.2. The third-order valence-electron chi connectivity index (χ3n) is 8.04. The molecule has 2 aromatic heterocycles. The van der Waals surface area contributed by atoms with Crippen molar-refractivity contribution in [3.63, 3.8) is 0 Å². The zero-order chi connectivity index (χ0) is 20.3. The van der Waals surface area contributed by atoms with Gasteiger partial charge in [-0.05, 0) is 82.2 Å². The van der Waals surface area contributed by atoms with E-state index in [-0.39, 0.29) is 0 Å². The van der Waals surface area contributed by atoms with Gasteiger partial charge in [0.25, 0.3) is 0 Å². The van der Waals surface area contributed by atoms with Crippen molar-refractivity contribution in [3.05, 3.63) is 30.0 Å². The van der Waals surface area contributed by atoms with Gasteiger partial charge in [0.1, 0.15) is 0 Å². The quantitative estimate of drug-likeness (QED) is 0.581. The van der Waals surface area contributed by atoms with Gasteiger partial charge in [-0.1, -0.05) is 18.2 Å². The zero-order valence-electron chi connectivity index (χ0n) is 18.2. The van der Waals surface area contributed by atoms with Crippen LogP contribution in [0.15, 0.2) is 24.3 Å². The summed E-state index contributed by atoms with van der Waals surface area (Å²) in [6.45, 7) is 4.16. The lowest BCUT2D eigenvalue weighted by Gasteiger charge is -2.57. The molecule has 0 radical (unpaired) electrons. The SMILES string of the molecule is Cc1nn(C)c2nc3ccccc3c(NCCCNC34CC5CC(CC(C5)C3)C4)c12. The van der Waals surface area contributed by atoms with Gasteiger partial charge < -0.3 is 10.6 Å². The molecule has 2 N–H and O–H groups in total. The molecule has 5 nitrogen and oxygen atoms in total. The van der Waals surface area contributed by atoms with Crippen LogP contribution in [0.25, 0.3) is 21.9 Å². The Kier molecular flexibility index (Phi) is 4.31. The molecule has 4 saturated carbocycles. The Morgan fingerprint density at radius 3 is 2.47 bits per heavy atom. The van der Waals surface area contributed by atoms with E-state index in [4.69, 9.17) is 4.98 Å². The van der Waals surface area contributed by atoms with E-state index < -0.39 is 0 Å². The first-order valence-corrected chi connectivity index (χ1v) is 11.8. The number of aryl methyl sites for hydroxylation is 2. The maximum Gasteiger partial charge on any atom is 0.160 e. The highest BCUT2D eigenvalue weighted by molar-refractivity contribution is 6.07. The summed E-state index contributed by atoms with van der Waals surface area (Å²) in [5.74, 6) is 3.02. The van der Waals surface area contributed by atoms with E-state index in [0.29, 0.717) is 5.54 Å². The monoisotopic (exact) mass is 403 g/mol. The number of para-hydroxylation sites is 1. The average molecular weight is 404 g/mol. The Bertz CT molecular complexity index is 1060. The van der Waals surface area contributed by atoms with Crippen LogP contribution in [0, 0.1) is 24.7 Å². The summed E-state index contributed by atoms with van der Waals surface area (Å²) < 4.78 is 1.90. The molecule has 0 aliphatic heterocycles. The molecule has 0 spiro atoms. The number of hydrogen-bond donors (Lipinski definition) is 2. The molecule has 0 unspecified atom stereocenters. The number of nitrogens with one attached hydrogen (secondary N) is 2. The summed E-state index contributed by atoms with van der Waals surface area (Å²) in [4.78, 5) is 4.86. The Labute approximate surface area is 178 Å². The molecule has 1 aromatic carbocycles. The lowest BCUT2D eigenvalue weighted by atomic mass is 9.53. The lowest BCUT2D eigenvalue weighted by Crippen LogP contribution is -2.58. The minimum Gasteiger partial charge on any atom is -0.384 e. The van der Waals surface area contributed by atoms with E-state index in [9.17, 15) is 0 Å². The molecule has 2 heterocycles. The predicted molar refractivity (Wildman–Crippen MR) is 123 cm³/mol. The summed E-state index contributed by atoms with van der Waals surface area (Å²) in [5, 5.41) is 14.8. The van der Waals surface area contributed by atoms with Gasteiger partial charge in [0, 0.05) is 24.5 Å². The van der Waals surface area contributed by atoms with Crippen LogP contribution in [0.1, 0.15) is 50.6 Å². The first-order chi connectivity index (χ1) is 14.6. The molecule has 5 heteroatoms. The van der Waals surface area contributed by atoms with Gasteiger partial charge in [0.2, 0.25) is 0 Å². The number of fused-ring (bicyclic) bond motifs is 2. The molecule has 4 bridgehead atoms. The van der Waals surface area contributed by atoms with Gasteiger partial charge >= 0.3 is 0 Å². The van der Waals surface area contributed by atoms with E-state index in [2.05, 4.69) is 46.9 Å². The highest BCUT2D eigenvalue weighted by Crippen LogP contribution is 2.55. The van der Waals surface area contributed by atoms with Crippen LogP contribution in [-0.2, 0) is 7.05 Å². The first kappa shape index (κ1) is 18.6. The van der Waals surface area contributed by atoms with E-state index in [1.807, 2.05) is 11.7 Å². The van der Waals surface area contributed by atoms with Gasteiger partial charge in [-0.3, -0.25) is 4.68 Å². The molecule has 158 valence electrons. The van der Waals surface area contributed by atoms with Crippen LogP contribution in [0.3, 0.4) is 0 Å². The summed E-state index contributed by atoms with van der Waals surface area (Å²) in [6, 6.07) is 8.42. The Morgan fingerprint density at radius 2 is 1.73 bits per heavy atom. The maximum atomic E-state index is 4.86. The topological polar surface area (TPSA) is 54.8 Å².